The molecule has 0 saturated heterocycles. The van der Waals surface area contributed by atoms with E-state index in [1.54, 1.807) is 19.1 Å². The minimum Gasteiger partial charge on any atom is -0.462 e. The minimum atomic E-state index is -0.319. The molecule has 4 heteroatoms. The molecule has 1 aromatic heterocycles. The number of nitrogens with zero attached hydrogens (tertiary/aromatic N) is 2. The van der Waals surface area contributed by atoms with Crippen LogP contribution in [0.5, 0.6) is 0 Å². The molecule has 0 saturated carbocycles. The van der Waals surface area contributed by atoms with E-state index in [9.17, 15) is 4.79 Å². The first-order chi connectivity index (χ1) is 10.2. The van der Waals surface area contributed by atoms with Gasteiger partial charge in [-0.25, -0.2) is 4.79 Å². The average Bonchev–Trinajstić information content (AvgIpc) is 2.91. The van der Waals surface area contributed by atoms with Crippen molar-refractivity contribution in [1.82, 2.24) is 4.57 Å². The average molecular weight is 282 g/mol. The van der Waals surface area contributed by atoms with Gasteiger partial charge in [0.1, 0.15) is 6.07 Å². The molecule has 0 aliphatic carbocycles. The van der Waals surface area contributed by atoms with Crippen LogP contribution in [0.2, 0.25) is 0 Å². The number of benzene rings is 1. The predicted molar refractivity (Wildman–Crippen MR) is 80.4 cm³/mol. The van der Waals surface area contributed by atoms with E-state index in [1.807, 2.05) is 29.1 Å². The first-order valence-electron chi connectivity index (χ1n) is 7.08. The first kappa shape index (κ1) is 14.9. The first-order valence-corrected chi connectivity index (χ1v) is 7.08. The van der Waals surface area contributed by atoms with Gasteiger partial charge in [-0.15, -0.1) is 0 Å². The molecule has 0 bridgehead atoms. The number of carbonyl (C=O) groups excluding carboxylic acids is 1. The lowest BCUT2D eigenvalue weighted by molar-refractivity contribution is 0.0526. The molecular weight excluding hydrogens is 264 g/mol. The molecule has 0 unspecified atom stereocenters. The molecule has 0 aliphatic rings. The van der Waals surface area contributed by atoms with Crippen LogP contribution in [0, 0.1) is 11.3 Å². The van der Waals surface area contributed by atoms with E-state index < -0.39 is 0 Å². The third-order valence-electron chi connectivity index (χ3n) is 3.23. The zero-order chi connectivity index (χ0) is 15.2. The second-order valence-corrected chi connectivity index (χ2v) is 4.73. The molecule has 0 fully saturated rings. The molecule has 2 rings (SSSR count). The highest BCUT2D eigenvalue weighted by molar-refractivity contribution is 5.89. The highest BCUT2D eigenvalue weighted by Gasteiger charge is 2.09. The summed E-state index contributed by atoms with van der Waals surface area (Å²) in [7, 11) is 0. The molecule has 4 nitrogen and oxygen atoms in total. The maximum absolute atomic E-state index is 11.6. The number of nitriles is 1. The van der Waals surface area contributed by atoms with Crippen LogP contribution in [-0.2, 0) is 11.2 Å². The third kappa shape index (κ3) is 3.32. The standard InChI is InChI=1S/C17H18N2O2/c1-3-5-14-11-19(12-15(14)10-18)16-8-6-13(7-9-16)17(20)21-4-2/h6-9,11-12H,3-5H2,1-2H3. The van der Waals surface area contributed by atoms with Crippen LogP contribution in [-0.4, -0.2) is 17.1 Å². The van der Waals surface area contributed by atoms with Gasteiger partial charge in [-0.1, -0.05) is 13.3 Å². The summed E-state index contributed by atoms with van der Waals surface area (Å²) < 4.78 is 6.87. The predicted octanol–water partition coefficient (Wildman–Crippen LogP) is 3.48. The fourth-order valence-corrected chi connectivity index (χ4v) is 2.20. The number of aryl methyl sites for hydroxylation is 1. The number of hydrogen-bond donors (Lipinski definition) is 0. The van der Waals surface area contributed by atoms with Gasteiger partial charge in [0.2, 0.25) is 0 Å². The monoisotopic (exact) mass is 282 g/mol. The van der Waals surface area contributed by atoms with Crippen molar-refractivity contribution >= 4 is 5.97 Å². The molecule has 21 heavy (non-hydrogen) atoms. The zero-order valence-corrected chi connectivity index (χ0v) is 12.3. The molecule has 0 atom stereocenters. The van der Waals surface area contributed by atoms with Gasteiger partial charge in [0, 0.05) is 18.1 Å². The van der Waals surface area contributed by atoms with Crippen LogP contribution >= 0.6 is 0 Å². The van der Waals surface area contributed by atoms with E-state index in [0.29, 0.717) is 17.7 Å². The fourth-order valence-electron chi connectivity index (χ4n) is 2.20. The molecule has 0 N–H and O–H groups in total. The number of rotatable bonds is 5. The molecule has 1 heterocycles. The number of hydrogen-bond acceptors (Lipinski definition) is 3. The van der Waals surface area contributed by atoms with E-state index in [0.717, 1.165) is 24.1 Å². The van der Waals surface area contributed by atoms with Crippen LogP contribution in [0.1, 0.15) is 41.8 Å². The van der Waals surface area contributed by atoms with Crippen molar-refractivity contribution in [2.45, 2.75) is 26.7 Å². The Morgan fingerprint density at radius 1 is 1.24 bits per heavy atom. The zero-order valence-electron chi connectivity index (χ0n) is 12.3. The lowest BCUT2D eigenvalue weighted by Gasteiger charge is -2.05. The van der Waals surface area contributed by atoms with E-state index in [1.165, 1.54) is 0 Å². The quantitative estimate of drug-likeness (QED) is 0.789. The Kier molecular flexibility index (Phi) is 4.78. The Morgan fingerprint density at radius 2 is 1.95 bits per heavy atom. The van der Waals surface area contributed by atoms with Gasteiger partial charge in [-0.3, -0.25) is 0 Å². The van der Waals surface area contributed by atoms with Gasteiger partial charge in [0.15, 0.2) is 0 Å². The third-order valence-corrected chi connectivity index (χ3v) is 3.23. The van der Waals surface area contributed by atoms with Gasteiger partial charge in [0.05, 0.1) is 17.7 Å². The molecule has 0 radical (unpaired) electrons. The van der Waals surface area contributed by atoms with Crippen molar-refractivity contribution in [1.29, 1.82) is 5.26 Å². The molecule has 108 valence electrons. The maximum Gasteiger partial charge on any atom is 0.338 e. The summed E-state index contributed by atoms with van der Waals surface area (Å²) in [5, 5.41) is 9.16. The summed E-state index contributed by atoms with van der Waals surface area (Å²) >= 11 is 0. The number of ether oxygens (including phenoxy) is 1. The highest BCUT2D eigenvalue weighted by atomic mass is 16.5. The van der Waals surface area contributed by atoms with Crippen molar-refractivity contribution in [3.8, 4) is 11.8 Å². The van der Waals surface area contributed by atoms with E-state index in [2.05, 4.69) is 13.0 Å². The topological polar surface area (TPSA) is 55.0 Å². The van der Waals surface area contributed by atoms with E-state index >= 15 is 0 Å². The van der Waals surface area contributed by atoms with Crippen molar-refractivity contribution in [2.24, 2.45) is 0 Å². The summed E-state index contributed by atoms with van der Waals surface area (Å²) in [5.41, 5.74) is 3.20. The molecule has 0 aliphatic heterocycles. The van der Waals surface area contributed by atoms with Crippen LogP contribution in [0.15, 0.2) is 36.7 Å². The lowest BCUT2D eigenvalue weighted by Crippen LogP contribution is -2.04. The van der Waals surface area contributed by atoms with Crippen LogP contribution in [0.3, 0.4) is 0 Å². The van der Waals surface area contributed by atoms with Gasteiger partial charge in [-0.05, 0) is 43.2 Å². The molecule has 2 aromatic rings. The Labute approximate surface area is 124 Å². The van der Waals surface area contributed by atoms with Crippen molar-refractivity contribution in [2.75, 3.05) is 6.61 Å². The van der Waals surface area contributed by atoms with Gasteiger partial charge >= 0.3 is 5.97 Å². The summed E-state index contributed by atoms with van der Waals surface area (Å²) in [6.07, 6.45) is 5.68. The second-order valence-electron chi connectivity index (χ2n) is 4.73. The van der Waals surface area contributed by atoms with Crippen molar-refractivity contribution in [3.05, 3.63) is 53.3 Å². The largest absolute Gasteiger partial charge is 0.462 e. The number of esters is 1. The van der Waals surface area contributed by atoms with Crippen molar-refractivity contribution in [3.63, 3.8) is 0 Å². The van der Waals surface area contributed by atoms with Crippen LogP contribution < -0.4 is 0 Å². The summed E-state index contributed by atoms with van der Waals surface area (Å²) in [4.78, 5) is 11.6. The van der Waals surface area contributed by atoms with Gasteiger partial charge < -0.3 is 9.30 Å². The summed E-state index contributed by atoms with van der Waals surface area (Å²) in [6.45, 7) is 4.24. The van der Waals surface area contributed by atoms with Gasteiger partial charge in [-0.2, -0.15) is 5.26 Å². The van der Waals surface area contributed by atoms with E-state index in [-0.39, 0.29) is 5.97 Å². The highest BCUT2D eigenvalue weighted by Crippen LogP contribution is 2.17. The number of aromatic nitrogens is 1. The maximum atomic E-state index is 11.6. The fraction of sp³-hybridized carbons (Fsp3) is 0.294. The Balaban J connectivity index is 2.27. The van der Waals surface area contributed by atoms with Gasteiger partial charge in [0.25, 0.3) is 0 Å². The lowest BCUT2D eigenvalue weighted by atomic mass is 10.1. The second kappa shape index (κ2) is 6.76. The Bertz CT molecular complexity index is 663. The SMILES string of the molecule is CCCc1cn(-c2ccc(C(=O)OCC)cc2)cc1C#N. The summed E-state index contributed by atoms with van der Waals surface area (Å²) in [5.74, 6) is -0.319. The number of carbonyl (C=O) groups is 1. The molecule has 1 aromatic carbocycles. The molecule has 0 amide bonds. The summed E-state index contributed by atoms with van der Waals surface area (Å²) in [6, 6.07) is 9.39. The molecule has 0 spiro atoms. The normalized spacial score (nSPS) is 10.1. The Morgan fingerprint density at radius 3 is 2.52 bits per heavy atom. The van der Waals surface area contributed by atoms with Crippen molar-refractivity contribution < 1.29 is 9.53 Å². The van der Waals surface area contributed by atoms with Crippen LogP contribution in [0.25, 0.3) is 5.69 Å². The minimum absolute atomic E-state index is 0.319. The van der Waals surface area contributed by atoms with Crippen LogP contribution in [0.4, 0.5) is 0 Å². The Hall–Kier alpha value is -2.54. The van der Waals surface area contributed by atoms with E-state index in [4.69, 9.17) is 10.00 Å². The smallest absolute Gasteiger partial charge is 0.338 e. The molecular formula is C17H18N2O2.